The highest BCUT2D eigenvalue weighted by Crippen LogP contribution is 1.83. The van der Waals surface area contributed by atoms with Gasteiger partial charge in [0.15, 0.2) is 0 Å². The number of aliphatic imine (C=N–C) groups is 1. The molecule has 0 fully saturated rings. The molecule has 0 bridgehead atoms. The summed E-state index contributed by atoms with van der Waals surface area (Å²) in [6, 6.07) is 0. The van der Waals surface area contributed by atoms with Crippen LogP contribution in [-0.4, -0.2) is 19.4 Å². The third-order valence-electron chi connectivity index (χ3n) is 0.789. The quantitative estimate of drug-likeness (QED) is 0.531. The first-order chi connectivity index (χ1) is 4.31. The Bertz CT molecular complexity index is 110. The molecule has 9 heavy (non-hydrogen) atoms. The van der Waals surface area contributed by atoms with Crippen molar-refractivity contribution in [2.45, 2.75) is 19.8 Å². The number of ether oxygens (including phenoxy) is 1. The Morgan fingerprint density at radius 3 is 2.89 bits per heavy atom. The number of nitrogens with zero attached hydrogens (tertiary/aromatic N) is 1. The molecule has 0 aliphatic carbocycles. The van der Waals surface area contributed by atoms with Gasteiger partial charge in [0.1, 0.15) is 0 Å². The molecule has 0 aliphatic heterocycles. The molecule has 52 valence electrons. The molecule has 0 spiro atoms. The van der Waals surface area contributed by atoms with Crippen LogP contribution in [0.1, 0.15) is 19.8 Å². The fraction of sp³-hybridized carbons (Fsp3) is 0.667. The van der Waals surface area contributed by atoms with E-state index in [4.69, 9.17) is 0 Å². The highest BCUT2D eigenvalue weighted by Gasteiger charge is 1.88. The zero-order valence-electron chi connectivity index (χ0n) is 5.76. The van der Waals surface area contributed by atoms with Gasteiger partial charge in [0, 0.05) is 6.21 Å². The van der Waals surface area contributed by atoms with E-state index in [0.29, 0.717) is 0 Å². The number of carbonyl (C=O) groups is 1. The maximum absolute atomic E-state index is 10.3. The van der Waals surface area contributed by atoms with Crippen molar-refractivity contribution >= 4 is 12.3 Å². The number of carbonyl (C=O) groups excluding carboxylic acids is 1. The number of hydrogen-bond donors (Lipinski definition) is 0. The van der Waals surface area contributed by atoms with Gasteiger partial charge in [-0.15, -0.1) is 0 Å². The molecule has 0 rings (SSSR count). The average Bonchev–Trinajstić information content (AvgIpc) is 1.89. The summed E-state index contributed by atoms with van der Waals surface area (Å²) in [5.41, 5.74) is 0. The summed E-state index contributed by atoms with van der Waals surface area (Å²) in [7, 11) is 1.31. The summed E-state index contributed by atoms with van der Waals surface area (Å²) in [6.07, 6.45) is 2.87. The van der Waals surface area contributed by atoms with Crippen molar-refractivity contribution in [2.24, 2.45) is 4.99 Å². The van der Waals surface area contributed by atoms with Gasteiger partial charge in [-0.25, -0.2) is 4.79 Å². The Balaban J connectivity index is 3.32. The normalized spacial score (nSPS) is 10.0. The number of rotatable bonds is 2. The van der Waals surface area contributed by atoms with Gasteiger partial charge in [-0.1, -0.05) is 13.3 Å². The fourth-order valence-corrected chi connectivity index (χ4v) is 0.321. The molecule has 0 heterocycles. The monoisotopic (exact) mass is 129 g/mol. The van der Waals surface area contributed by atoms with Crippen LogP contribution in [-0.2, 0) is 4.74 Å². The highest BCUT2D eigenvalue weighted by atomic mass is 16.5. The Morgan fingerprint density at radius 2 is 2.44 bits per heavy atom. The second kappa shape index (κ2) is 5.28. The molecule has 0 radical (unpaired) electrons. The SMILES string of the molecule is CCCC=NC(=O)OC. The van der Waals surface area contributed by atoms with Crippen LogP contribution in [0.15, 0.2) is 4.99 Å². The van der Waals surface area contributed by atoms with E-state index in [9.17, 15) is 4.79 Å². The summed E-state index contributed by atoms with van der Waals surface area (Å²) in [6.45, 7) is 2.02. The van der Waals surface area contributed by atoms with Crippen LogP contribution in [0.5, 0.6) is 0 Å². The van der Waals surface area contributed by atoms with Crippen LogP contribution >= 0.6 is 0 Å². The van der Waals surface area contributed by atoms with E-state index in [-0.39, 0.29) is 0 Å². The Labute approximate surface area is 54.7 Å². The number of amides is 1. The number of methoxy groups -OCH3 is 1. The van der Waals surface area contributed by atoms with Crippen molar-refractivity contribution in [1.29, 1.82) is 0 Å². The van der Waals surface area contributed by atoms with Gasteiger partial charge in [-0.2, -0.15) is 4.99 Å². The molecule has 0 saturated heterocycles. The van der Waals surface area contributed by atoms with Gasteiger partial charge >= 0.3 is 6.09 Å². The predicted octanol–water partition coefficient (Wildman–Crippen LogP) is 1.62. The molecular formula is C6H11NO2. The molecule has 0 N–H and O–H groups in total. The maximum atomic E-state index is 10.3. The second-order valence-corrected chi connectivity index (χ2v) is 1.57. The summed E-state index contributed by atoms with van der Waals surface area (Å²) >= 11 is 0. The van der Waals surface area contributed by atoms with E-state index in [0.717, 1.165) is 12.8 Å². The van der Waals surface area contributed by atoms with Gasteiger partial charge in [0.05, 0.1) is 7.11 Å². The van der Waals surface area contributed by atoms with E-state index >= 15 is 0 Å². The Morgan fingerprint density at radius 1 is 1.78 bits per heavy atom. The van der Waals surface area contributed by atoms with Crippen LogP contribution in [0.4, 0.5) is 4.79 Å². The van der Waals surface area contributed by atoms with E-state index in [1.165, 1.54) is 7.11 Å². The van der Waals surface area contributed by atoms with Crippen LogP contribution in [0, 0.1) is 0 Å². The van der Waals surface area contributed by atoms with Gasteiger partial charge in [0.25, 0.3) is 0 Å². The Hall–Kier alpha value is -0.860. The third-order valence-corrected chi connectivity index (χ3v) is 0.789. The first-order valence-corrected chi connectivity index (χ1v) is 2.91. The minimum absolute atomic E-state index is 0.525. The average molecular weight is 129 g/mol. The molecule has 3 heteroatoms. The minimum Gasteiger partial charge on any atom is -0.451 e. The van der Waals surface area contributed by atoms with Gasteiger partial charge in [0.2, 0.25) is 0 Å². The first kappa shape index (κ1) is 8.14. The van der Waals surface area contributed by atoms with Crippen LogP contribution in [0.2, 0.25) is 0 Å². The first-order valence-electron chi connectivity index (χ1n) is 2.91. The summed E-state index contributed by atoms with van der Waals surface area (Å²) in [5, 5.41) is 0. The highest BCUT2D eigenvalue weighted by molar-refractivity contribution is 5.78. The van der Waals surface area contributed by atoms with Crippen LogP contribution in [0.25, 0.3) is 0 Å². The lowest BCUT2D eigenvalue weighted by Crippen LogP contribution is -1.92. The van der Waals surface area contributed by atoms with E-state index < -0.39 is 6.09 Å². The van der Waals surface area contributed by atoms with Crippen molar-refractivity contribution < 1.29 is 9.53 Å². The van der Waals surface area contributed by atoms with Crippen molar-refractivity contribution in [3.8, 4) is 0 Å². The minimum atomic E-state index is -0.525. The fourth-order valence-electron chi connectivity index (χ4n) is 0.321. The van der Waals surface area contributed by atoms with Crippen molar-refractivity contribution in [2.75, 3.05) is 7.11 Å². The van der Waals surface area contributed by atoms with Crippen LogP contribution < -0.4 is 0 Å². The molecule has 0 saturated carbocycles. The van der Waals surface area contributed by atoms with Crippen molar-refractivity contribution in [3.63, 3.8) is 0 Å². The molecule has 0 atom stereocenters. The third kappa shape index (κ3) is 5.00. The topological polar surface area (TPSA) is 38.7 Å². The van der Waals surface area contributed by atoms with E-state index in [1.54, 1.807) is 6.21 Å². The number of unbranched alkanes of at least 4 members (excludes halogenated alkanes) is 1. The predicted molar refractivity (Wildman–Crippen MR) is 35.8 cm³/mol. The molecule has 0 aromatic carbocycles. The maximum Gasteiger partial charge on any atom is 0.432 e. The van der Waals surface area contributed by atoms with E-state index in [1.807, 2.05) is 6.92 Å². The van der Waals surface area contributed by atoms with Gasteiger partial charge < -0.3 is 4.74 Å². The largest absolute Gasteiger partial charge is 0.451 e. The number of hydrogen-bond acceptors (Lipinski definition) is 2. The lowest BCUT2D eigenvalue weighted by molar-refractivity contribution is 0.182. The Kier molecular flexibility index (Phi) is 4.78. The second-order valence-electron chi connectivity index (χ2n) is 1.57. The zero-order chi connectivity index (χ0) is 7.11. The lowest BCUT2D eigenvalue weighted by atomic mass is 10.4. The standard InChI is InChI=1S/C6H11NO2/c1-3-4-5-7-6(8)9-2/h5H,3-4H2,1-2H3. The summed E-state index contributed by atoms with van der Waals surface area (Å²) in [5.74, 6) is 0. The van der Waals surface area contributed by atoms with E-state index in [2.05, 4.69) is 9.73 Å². The van der Waals surface area contributed by atoms with Crippen LogP contribution in [0.3, 0.4) is 0 Å². The molecule has 0 aromatic heterocycles. The zero-order valence-corrected chi connectivity index (χ0v) is 5.76. The summed E-state index contributed by atoms with van der Waals surface area (Å²) in [4.78, 5) is 13.7. The molecule has 3 nitrogen and oxygen atoms in total. The molecule has 0 aliphatic rings. The molecular weight excluding hydrogens is 118 g/mol. The van der Waals surface area contributed by atoms with Crippen molar-refractivity contribution in [1.82, 2.24) is 0 Å². The smallest absolute Gasteiger partial charge is 0.432 e. The lowest BCUT2D eigenvalue weighted by Gasteiger charge is -1.86. The molecule has 0 aromatic rings. The molecule has 1 amide bonds. The van der Waals surface area contributed by atoms with Crippen molar-refractivity contribution in [3.05, 3.63) is 0 Å². The van der Waals surface area contributed by atoms with Gasteiger partial charge in [-0.05, 0) is 6.42 Å². The summed E-state index contributed by atoms with van der Waals surface area (Å²) < 4.78 is 4.26. The van der Waals surface area contributed by atoms with Gasteiger partial charge in [-0.3, -0.25) is 0 Å². The molecule has 0 unspecified atom stereocenters.